The number of benzene rings is 2. The van der Waals surface area contributed by atoms with Gasteiger partial charge in [0.25, 0.3) is 0 Å². The molecule has 0 fully saturated rings. The minimum Gasteiger partial charge on any atom is -0.495 e. The molecular formula is C19H27ClN2O5S. The zero-order valence-electron chi connectivity index (χ0n) is 16.2. The summed E-state index contributed by atoms with van der Waals surface area (Å²) in [5, 5.41) is 8.61. The van der Waals surface area contributed by atoms with Gasteiger partial charge < -0.3 is 19.5 Å². The summed E-state index contributed by atoms with van der Waals surface area (Å²) in [5.74, 6) is 1.63. The molecular weight excluding hydrogens is 404 g/mol. The highest BCUT2D eigenvalue weighted by molar-refractivity contribution is 7.89. The number of hydrogen-bond donors (Lipinski definition) is 2. The molecule has 7 nitrogen and oxygen atoms in total. The molecule has 0 heterocycles. The molecule has 0 amide bonds. The number of para-hydroxylation sites is 2. The van der Waals surface area contributed by atoms with Gasteiger partial charge >= 0.3 is 0 Å². The third kappa shape index (κ3) is 6.87. The van der Waals surface area contributed by atoms with Crippen LogP contribution in [0.15, 0.2) is 47.4 Å². The quantitative estimate of drug-likeness (QED) is 0.561. The maximum absolute atomic E-state index is 11.7. The van der Waals surface area contributed by atoms with Gasteiger partial charge in [0.15, 0.2) is 11.5 Å². The van der Waals surface area contributed by atoms with Gasteiger partial charge in [-0.1, -0.05) is 18.2 Å². The van der Waals surface area contributed by atoms with Crippen LogP contribution >= 0.6 is 12.4 Å². The van der Waals surface area contributed by atoms with Crippen molar-refractivity contribution in [2.75, 3.05) is 27.4 Å². The fourth-order valence-corrected chi connectivity index (χ4v) is 3.45. The molecule has 0 spiro atoms. The molecule has 3 N–H and O–H groups in total. The number of primary sulfonamides is 1. The summed E-state index contributed by atoms with van der Waals surface area (Å²) in [6.07, 6.45) is 0.640. The number of hydrogen-bond acceptors (Lipinski definition) is 6. The topological polar surface area (TPSA) is 99.9 Å². The first-order chi connectivity index (χ1) is 12.8. The maximum atomic E-state index is 11.7. The van der Waals surface area contributed by atoms with Gasteiger partial charge in [-0.15, -0.1) is 12.4 Å². The Morgan fingerprint density at radius 3 is 2.29 bits per heavy atom. The standard InChI is InChI=1S/C19H26N2O5S.ClH/c1-14(21-10-11-26-17-7-5-4-6-16(17)24-2)12-15-8-9-18(25-3)19(13-15)27(20,22)23;/h4-9,13-14,21H,10-12H2,1-3H3,(H2,20,22,23);1H/t14-;/m1./s1. The van der Waals surface area contributed by atoms with E-state index >= 15 is 0 Å². The zero-order chi connectivity index (χ0) is 19.9. The van der Waals surface area contributed by atoms with Crippen LogP contribution in [0.3, 0.4) is 0 Å². The first-order valence-corrected chi connectivity index (χ1v) is 10.1. The molecule has 0 saturated heterocycles. The molecule has 1 atom stereocenters. The van der Waals surface area contributed by atoms with Crippen molar-refractivity contribution in [1.82, 2.24) is 5.32 Å². The van der Waals surface area contributed by atoms with Crippen molar-refractivity contribution in [3.63, 3.8) is 0 Å². The van der Waals surface area contributed by atoms with Crippen molar-refractivity contribution in [3.8, 4) is 17.2 Å². The van der Waals surface area contributed by atoms with Gasteiger partial charge in [0.1, 0.15) is 17.3 Å². The Balaban J connectivity index is 0.00000392. The lowest BCUT2D eigenvalue weighted by Gasteiger charge is -2.16. The van der Waals surface area contributed by atoms with Crippen molar-refractivity contribution in [3.05, 3.63) is 48.0 Å². The van der Waals surface area contributed by atoms with E-state index in [1.165, 1.54) is 7.11 Å². The van der Waals surface area contributed by atoms with Gasteiger partial charge in [-0.25, -0.2) is 13.6 Å². The van der Waals surface area contributed by atoms with Crippen LogP contribution in [0, 0.1) is 0 Å². The molecule has 0 aromatic heterocycles. The normalized spacial score (nSPS) is 12.0. The first kappa shape index (κ1) is 24.0. The smallest absolute Gasteiger partial charge is 0.241 e. The number of rotatable bonds is 10. The number of ether oxygens (including phenoxy) is 3. The molecule has 0 aliphatic rings. The van der Waals surface area contributed by atoms with E-state index in [1.54, 1.807) is 19.2 Å². The Bertz CT molecular complexity index is 861. The highest BCUT2D eigenvalue weighted by Crippen LogP contribution is 2.26. The SMILES string of the molecule is COc1ccccc1OCCN[C@H](C)Cc1ccc(OC)c(S(N)(=O)=O)c1.Cl. The van der Waals surface area contributed by atoms with E-state index in [9.17, 15) is 8.42 Å². The molecule has 0 aliphatic heterocycles. The minimum atomic E-state index is -3.84. The summed E-state index contributed by atoms with van der Waals surface area (Å²) in [5.41, 5.74) is 0.852. The Labute approximate surface area is 172 Å². The molecule has 156 valence electrons. The molecule has 2 aromatic carbocycles. The molecule has 9 heteroatoms. The number of methoxy groups -OCH3 is 2. The molecule has 0 saturated carbocycles. The van der Waals surface area contributed by atoms with Crippen LogP contribution in [0.4, 0.5) is 0 Å². The van der Waals surface area contributed by atoms with E-state index < -0.39 is 10.0 Å². The average Bonchev–Trinajstić information content (AvgIpc) is 2.64. The summed E-state index contributed by atoms with van der Waals surface area (Å²) < 4.78 is 39.4. The van der Waals surface area contributed by atoms with Crippen LogP contribution in [0.2, 0.25) is 0 Å². The van der Waals surface area contributed by atoms with Gasteiger partial charge in [0.05, 0.1) is 14.2 Å². The second-order valence-electron chi connectivity index (χ2n) is 6.09. The van der Waals surface area contributed by atoms with Crippen molar-refractivity contribution in [2.24, 2.45) is 5.14 Å². The highest BCUT2D eigenvalue weighted by atomic mass is 35.5. The summed E-state index contributed by atoms with van der Waals surface area (Å²) >= 11 is 0. The molecule has 2 rings (SSSR count). The molecule has 0 bridgehead atoms. The van der Waals surface area contributed by atoms with Crippen LogP contribution in [0.1, 0.15) is 12.5 Å². The summed E-state index contributed by atoms with van der Waals surface area (Å²) in [6, 6.07) is 12.6. The lowest BCUT2D eigenvalue weighted by atomic mass is 10.1. The Kier molecular flexibility index (Phi) is 9.54. The fourth-order valence-electron chi connectivity index (χ4n) is 2.70. The fraction of sp³-hybridized carbons (Fsp3) is 0.368. The van der Waals surface area contributed by atoms with Crippen LogP contribution in [0.25, 0.3) is 0 Å². The van der Waals surface area contributed by atoms with Crippen LogP contribution in [-0.4, -0.2) is 41.8 Å². The lowest BCUT2D eigenvalue weighted by Crippen LogP contribution is -2.32. The Morgan fingerprint density at radius 1 is 1.04 bits per heavy atom. The minimum absolute atomic E-state index is 0. The van der Waals surface area contributed by atoms with Gasteiger partial charge in [-0.3, -0.25) is 0 Å². The van der Waals surface area contributed by atoms with Crippen LogP contribution < -0.4 is 24.7 Å². The van der Waals surface area contributed by atoms with E-state index in [0.717, 1.165) is 5.56 Å². The van der Waals surface area contributed by atoms with E-state index in [0.29, 0.717) is 31.1 Å². The Hall–Kier alpha value is -2.00. The molecule has 0 unspecified atom stereocenters. The average molecular weight is 431 g/mol. The van der Waals surface area contributed by atoms with Crippen molar-refractivity contribution < 1.29 is 22.6 Å². The van der Waals surface area contributed by atoms with Gasteiger partial charge in [0.2, 0.25) is 10.0 Å². The molecule has 0 aliphatic carbocycles. The predicted molar refractivity (Wildman–Crippen MR) is 111 cm³/mol. The maximum Gasteiger partial charge on any atom is 0.241 e. The zero-order valence-corrected chi connectivity index (χ0v) is 17.8. The van der Waals surface area contributed by atoms with Crippen LogP contribution in [0.5, 0.6) is 17.2 Å². The van der Waals surface area contributed by atoms with E-state index in [4.69, 9.17) is 19.3 Å². The van der Waals surface area contributed by atoms with Crippen molar-refractivity contribution in [2.45, 2.75) is 24.3 Å². The van der Waals surface area contributed by atoms with E-state index in [1.807, 2.05) is 37.3 Å². The highest BCUT2D eigenvalue weighted by Gasteiger charge is 2.16. The van der Waals surface area contributed by atoms with Crippen LogP contribution in [-0.2, 0) is 16.4 Å². The van der Waals surface area contributed by atoms with E-state index in [-0.39, 0.29) is 29.1 Å². The lowest BCUT2D eigenvalue weighted by molar-refractivity contribution is 0.287. The second kappa shape index (κ2) is 11.1. The van der Waals surface area contributed by atoms with Crippen molar-refractivity contribution in [1.29, 1.82) is 0 Å². The van der Waals surface area contributed by atoms with Crippen molar-refractivity contribution >= 4 is 22.4 Å². The number of nitrogens with one attached hydrogen (secondary N) is 1. The summed E-state index contributed by atoms with van der Waals surface area (Å²) in [6.45, 7) is 3.14. The largest absolute Gasteiger partial charge is 0.495 e. The summed E-state index contributed by atoms with van der Waals surface area (Å²) in [4.78, 5) is -0.00536. The monoisotopic (exact) mass is 430 g/mol. The van der Waals surface area contributed by atoms with Gasteiger partial charge in [-0.2, -0.15) is 0 Å². The molecule has 2 aromatic rings. The third-order valence-corrected chi connectivity index (χ3v) is 4.93. The molecule has 0 radical (unpaired) electrons. The number of halogens is 1. The predicted octanol–water partition coefficient (Wildman–Crippen LogP) is 2.37. The van der Waals surface area contributed by atoms with E-state index in [2.05, 4.69) is 5.32 Å². The first-order valence-electron chi connectivity index (χ1n) is 8.54. The number of sulfonamides is 1. The second-order valence-corrected chi connectivity index (χ2v) is 7.62. The summed E-state index contributed by atoms with van der Waals surface area (Å²) in [7, 11) is -0.823. The third-order valence-electron chi connectivity index (χ3n) is 4.00. The van der Waals surface area contributed by atoms with Gasteiger partial charge in [0, 0.05) is 12.6 Å². The number of nitrogens with two attached hydrogens (primary N) is 1. The Morgan fingerprint density at radius 2 is 1.68 bits per heavy atom. The van der Waals surface area contributed by atoms with Gasteiger partial charge in [-0.05, 0) is 43.2 Å². The molecule has 28 heavy (non-hydrogen) atoms.